The average molecular weight is 269 g/mol. The Hall–Kier alpha value is -2.49. The van der Waals surface area contributed by atoms with Gasteiger partial charge in [-0.2, -0.15) is 0 Å². The highest BCUT2D eigenvalue weighted by atomic mass is 16.1. The summed E-state index contributed by atoms with van der Waals surface area (Å²) in [7, 11) is 1.99. The quantitative estimate of drug-likeness (QED) is 0.837. The number of nitrogen functional groups attached to an aromatic ring is 1. The van der Waals surface area contributed by atoms with E-state index in [2.05, 4.69) is 4.90 Å². The van der Waals surface area contributed by atoms with Gasteiger partial charge in [-0.15, -0.1) is 0 Å². The van der Waals surface area contributed by atoms with Crippen LogP contribution >= 0.6 is 0 Å². The van der Waals surface area contributed by atoms with Crippen molar-refractivity contribution >= 4 is 17.3 Å². The van der Waals surface area contributed by atoms with Crippen LogP contribution in [0.2, 0.25) is 0 Å². The number of carbonyl (C=O) groups is 1. The van der Waals surface area contributed by atoms with Crippen LogP contribution in [0.15, 0.2) is 42.5 Å². The van der Waals surface area contributed by atoms with Crippen LogP contribution in [-0.2, 0) is 6.54 Å². The first kappa shape index (κ1) is 13.9. The summed E-state index contributed by atoms with van der Waals surface area (Å²) in [6.45, 7) is 2.70. The molecule has 0 fully saturated rings. The molecule has 2 aromatic rings. The molecule has 0 unspecified atom stereocenters. The molecule has 2 rings (SSSR count). The van der Waals surface area contributed by atoms with E-state index in [4.69, 9.17) is 11.5 Å². The van der Waals surface area contributed by atoms with E-state index >= 15 is 0 Å². The minimum absolute atomic E-state index is 0.402. The first-order valence-corrected chi connectivity index (χ1v) is 6.44. The zero-order chi connectivity index (χ0) is 14.7. The number of nitrogens with zero attached hydrogens (tertiary/aromatic N) is 1. The molecule has 0 radical (unpaired) electrons. The molecule has 4 heteroatoms. The van der Waals surface area contributed by atoms with Crippen molar-refractivity contribution in [1.29, 1.82) is 0 Å². The van der Waals surface area contributed by atoms with Crippen molar-refractivity contribution < 1.29 is 4.79 Å². The summed E-state index contributed by atoms with van der Waals surface area (Å²) in [6, 6.07) is 13.3. The average Bonchev–Trinajstić information content (AvgIpc) is 2.41. The van der Waals surface area contributed by atoms with Crippen LogP contribution in [0.5, 0.6) is 0 Å². The van der Waals surface area contributed by atoms with Gasteiger partial charge in [0, 0.05) is 19.2 Å². The molecule has 0 heterocycles. The highest BCUT2D eigenvalue weighted by Crippen LogP contribution is 2.23. The van der Waals surface area contributed by atoms with Crippen molar-refractivity contribution in [2.45, 2.75) is 13.5 Å². The maximum Gasteiger partial charge on any atom is 0.248 e. The van der Waals surface area contributed by atoms with Crippen LogP contribution in [0.4, 0.5) is 11.4 Å². The van der Waals surface area contributed by atoms with E-state index < -0.39 is 5.91 Å². The summed E-state index contributed by atoms with van der Waals surface area (Å²) in [6.07, 6.45) is 0. The lowest BCUT2D eigenvalue weighted by Gasteiger charge is -2.22. The zero-order valence-corrected chi connectivity index (χ0v) is 11.8. The van der Waals surface area contributed by atoms with E-state index in [-0.39, 0.29) is 0 Å². The fraction of sp³-hybridized carbons (Fsp3) is 0.188. The number of para-hydroxylation sites is 2. The number of nitrogens with two attached hydrogens (primary N) is 2. The molecule has 20 heavy (non-hydrogen) atoms. The number of anilines is 2. The van der Waals surface area contributed by atoms with Gasteiger partial charge >= 0.3 is 0 Å². The van der Waals surface area contributed by atoms with Gasteiger partial charge in [-0.3, -0.25) is 4.79 Å². The zero-order valence-electron chi connectivity index (χ0n) is 11.8. The molecule has 104 valence electrons. The van der Waals surface area contributed by atoms with Gasteiger partial charge in [-0.1, -0.05) is 18.2 Å². The Labute approximate surface area is 119 Å². The molecule has 0 aromatic heterocycles. The van der Waals surface area contributed by atoms with Crippen LogP contribution in [0.1, 0.15) is 21.5 Å². The third-order valence-electron chi connectivity index (χ3n) is 3.38. The van der Waals surface area contributed by atoms with Crippen molar-refractivity contribution in [3.63, 3.8) is 0 Å². The Morgan fingerprint density at radius 2 is 1.90 bits per heavy atom. The second kappa shape index (κ2) is 5.65. The normalized spacial score (nSPS) is 10.3. The molecule has 0 atom stereocenters. The van der Waals surface area contributed by atoms with Crippen LogP contribution in [-0.4, -0.2) is 13.0 Å². The molecule has 0 saturated heterocycles. The molecule has 4 N–H and O–H groups in total. The number of amides is 1. The van der Waals surface area contributed by atoms with Crippen molar-refractivity contribution in [3.05, 3.63) is 59.2 Å². The fourth-order valence-corrected chi connectivity index (χ4v) is 2.20. The van der Waals surface area contributed by atoms with Crippen molar-refractivity contribution in [2.75, 3.05) is 17.7 Å². The van der Waals surface area contributed by atoms with E-state index in [1.807, 2.05) is 50.4 Å². The Bertz CT molecular complexity index is 637. The van der Waals surface area contributed by atoms with Gasteiger partial charge in [0.25, 0.3) is 0 Å². The minimum atomic E-state index is -0.402. The number of carbonyl (C=O) groups excluding carboxylic acids is 1. The first-order chi connectivity index (χ1) is 9.49. The lowest BCUT2D eigenvalue weighted by molar-refractivity contribution is 0.1000. The number of rotatable bonds is 4. The summed E-state index contributed by atoms with van der Waals surface area (Å²) < 4.78 is 0. The summed E-state index contributed by atoms with van der Waals surface area (Å²) in [5, 5.41) is 0. The Kier molecular flexibility index (Phi) is 3.94. The monoisotopic (exact) mass is 269 g/mol. The fourth-order valence-electron chi connectivity index (χ4n) is 2.20. The third-order valence-corrected chi connectivity index (χ3v) is 3.38. The number of primary amides is 1. The van der Waals surface area contributed by atoms with Gasteiger partial charge in [-0.05, 0) is 42.3 Å². The summed E-state index contributed by atoms with van der Waals surface area (Å²) >= 11 is 0. The second-order valence-electron chi connectivity index (χ2n) is 4.92. The molecule has 0 spiro atoms. The lowest BCUT2D eigenvalue weighted by Crippen LogP contribution is -2.19. The number of aryl methyl sites for hydroxylation is 1. The van der Waals surface area contributed by atoms with Crippen molar-refractivity contribution in [2.24, 2.45) is 5.73 Å². The van der Waals surface area contributed by atoms with Gasteiger partial charge < -0.3 is 16.4 Å². The first-order valence-electron chi connectivity index (χ1n) is 6.44. The smallest absolute Gasteiger partial charge is 0.248 e. The highest BCUT2D eigenvalue weighted by molar-refractivity contribution is 5.93. The molecule has 0 aliphatic heterocycles. The van der Waals surface area contributed by atoms with Gasteiger partial charge in [-0.25, -0.2) is 0 Å². The van der Waals surface area contributed by atoms with E-state index in [0.29, 0.717) is 5.56 Å². The SMILES string of the molecule is Cc1cc(C(N)=O)ccc1CN(C)c1ccccc1N. The standard InChI is InChI=1S/C16H19N3O/c1-11-9-12(16(18)20)7-8-13(11)10-19(2)15-6-4-3-5-14(15)17/h3-9H,10,17H2,1-2H3,(H2,18,20). The molecular formula is C16H19N3O. The Morgan fingerprint density at radius 3 is 2.50 bits per heavy atom. The Balaban J connectivity index is 2.22. The van der Waals surface area contributed by atoms with Crippen LogP contribution in [0, 0.1) is 6.92 Å². The minimum Gasteiger partial charge on any atom is -0.397 e. The Morgan fingerprint density at radius 1 is 1.20 bits per heavy atom. The van der Waals surface area contributed by atoms with Gasteiger partial charge in [0.05, 0.1) is 11.4 Å². The molecule has 4 nitrogen and oxygen atoms in total. The molecule has 2 aromatic carbocycles. The van der Waals surface area contributed by atoms with Crippen molar-refractivity contribution in [3.8, 4) is 0 Å². The van der Waals surface area contributed by atoms with Crippen LogP contribution in [0.3, 0.4) is 0 Å². The van der Waals surface area contributed by atoms with Gasteiger partial charge in [0.1, 0.15) is 0 Å². The summed E-state index contributed by atoms with van der Waals surface area (Å²) in [5.74, 6) is -0.402. The largest absolute Gasteiger partial charge is 0.397 e. The second-order valence-corrected chi connectivity index (χ2v) is 4.92. The maximum atomic E-state index is 11.1. The third kappa shape index (κ3) is 2.91. The summed E-state index contributed by atoms with van der Waals surface area (Å²) in [5.41, 5.74) is 15.7. The van der Waals surface area contributed by atoms with Crippen LogP contribution < -0.4 is 16.4 Å². The molecule has 0 bridgehead atoms. The number of hydrogen-bond donors (Lipinski definition) is 2. The predicted octanol–water partition coefficient (Wildman–Crippen LogP) is 2.31. The number of hydrogen-bond acceptors (Lipinski definition) is 3. The molecule has 0 aliphatic carbocycles. The van der Waals surface area contributed by atoms with E-state index in [0.717, 1.165) is 29.0 Å². The molecular weight excluding hydrogens is 250 g/mol. The van der Waals surface area contributed by atoms with Crippen LogP contribution in [0.25, 0.3) is 0 Å². The predicted molar refractivity (Wildman–Crippen MR) is 82.7 cm³/mol. The van der Waals surface area contributed by atoms with Gasteiger partial charge in [0.2, 0.25) is 5.91 Å². The molecule has 0 aliphatic rings. The number of benzene rings is 2. The maximum absolute atomic E-state index is 11.1. The highest BCUT2D eigenvalue weighted by Gasteiger charge is 2.09. The van der Waals surface area contributed by atoms with E-state index in [1.54, 1.807) is 6.07 Å². The van der Waals surface area contributed by atoms with Crippen molar-refractivity contribution in [1.82, 2.24) is 0 Å². The topological polar surface area (TPSA) is 72.4 Å². The molecule has 0 saturated carbocycles. The van der Waals surface area contributed by atoms with Gasteiger partial charge in [0.15, 0.2) is 0 Å². The molecule has 1 amide bonds. The van der Waals surface area contributed by atoms with E-state index in [1.165, 1.54) is 0 Å². The lowest BCUT2D eigenvalue weighted by atomic mass is 10.0. The van der Waals surface area contributed by atoms with E-state index in [9.17, 15) is 4.79 Å². The summed E-state index contributed by atoms with van der Waals surface area (Å²) in [4.78, 5) is 13.2.